The van der Waals surface area contributed by atoms with Crippen molar-refractivity contribution in [3.05, 3.63) is 0 Å². The van der Waals surface area contributed by atoms with Gasteiger partial charge in [-0.3, -0.25) is 0 Å². The first kappa shape index (κ1) is 17.4. The normalized spacial score (nSPS) is 19.8. The van der Waals surface area contributed by atoms with Crippen molar-refractivity contribution in [1.29, 1.82) is 0 Å². The fourth-order valence-corrected chi connectivity index (χ4v) is 2.55. The van der Waals surface area contributed by atoms with Gasteiger partial charge in [-0.2, -0.15) is 0 Å². The Kier molecular flexibility index (Phi) is 7.29. The maximum Gasteiger partial charge on any atom is 0.0797 e. The summed E-state index contributed by atoms with van der Waals surface area (Å²) >= 11 is 11.7. The molecule has 0 spiro atoms. The number of alkyl halides is 2. The fraction of sp³-hybridized carbons (Fsp3) is 1.00. The molecule has 0 rings (SSSR count). The number of aliphatic hydroxyl groups is 4. The first-order chi connectivity index (χ1) is 7.76. The minimum Gasteiger partial charge on any atom is -0.395 e. The first-order valence-electron chi connectivity index (χ1n) is 5.60. The zero-order valence-electron chi connectivity index (χ0n) is 10.2. The molecule has 0 aromatic heterocycles. The Bertz CT molecular complexity index is 199. The van der Waals surface area contributed by atoms with Gasteiger partial charge in [0.1, 0.15) is 0 Å². The SMILES string of the molecule is CC(Cl)CC(O)(CC(C)Cl)C(CO)(CO)CO. The molecule has 0 radical (unpaired) electrons. The van der Waals surface area contributed by atoms with Crippen molar-refractivity contribution in [2.75, 3.05) is 19.8 Å². The van der Waals surface area contributed by atoms with Gasteiger partial charge in [-0.05, 0) is 26.7 Å². The van der Waals surface area contributed by atoms with Crippen LogP contribution >= 0.6 is 23.2 Å². The van der Waals surface area contributed by atoms with Crippen LogP contribution in [0.3, 0.4) is 0 Å². The molecular weight excluding hydrogens is 267 g/mol. The van der Waals surface area contributed by atoms with E-state index < -0.39 is 30.8 Å². The molecule has 17 heavy (non-hydrogen) atoms. The van der Waals surface area contributed by atoms with Crippen LogP contribution in [0.5, 0.6) is 0 Å². The van der Waals surface area contributed by atoms with Crippen molar-refractivity contribution in [2.45, 2.75) is 43.0 Å². The van der Waals surface area contributed by atoms with E-state index in [1.165, 1.54) is 0 Å². The van der Waals surface area contributed by atoms with Gasteiger partial charge in [0, 0.05) is 10.8 Å². The maximum atomic E-state index is 10.6. The second-order valence-electron chi connectivity index (χ2n) is 4.76. The molecule has 0 aromatic rings. The molecule has 0 aliphatic carbocycles. The van der Waals surface area contributed by atoms with E-state index in [9.17, 15) is 20.4 Å². The van der Waals surface area contributed by atoms with Crippen molar-refractivity contribution in [1.82, 2.24) is 0 Å². The molecule has 0 fully saturated rings. The summed E-state index contributed by atoms with van der Waals surface area (Å²) < 4.78 is 0. The van der Waals surface area contributed by atoms with Crippen LogP contribution in [0.4, 0.5) is 0 Å². The van der Waals surface area contributed by atoms with Crippen molar-refractivity contribution < 1.29 is 20.4 Å². The Balaban J connectivity index is 5.24. The lowest BCUT2D eigenvalue weighted by atomic mass is 9.68. The largest absolute Gasteiger partial charge is 0.395 e. The number of aliphatic hydroxyl groups excluding tert-OH is 3. The van der Waals surface area contributed by atoms with Gasteiger partial charge in [0.2, 0.25) is 0 Å². The Morgan fingerprint density at radius 1 is 0.882 bits per heavy atom. The van der Waals surface area contributed by atoms with Crippen molar-refractivity contribution in [2.24, 2.45) is 5.41 Å². The summed E-state index contributed by atoms with van der Waals surface area (Å²) in [4.78, 5) is 0. The average molecular weight is 289 g/mol. The van der Waals surface area contributed by atoms with Gasteiger partial charge in [-0.25, -0.2) is 0 Å². The molecule has 6 heteroatoms. The third-order valence-electron chi connectivity index (χ3n) is 3.13. The van der Waals surface area contributed by atoms with Gasteiger partial charge in [-0.1, -0.05) is 0 Å². The van der Waals surface area contributed by atoms with Gasteiger partial charge in [0.05, 0.1) is 30.8 Å². The lowest BCUT2D eigenvalue weighted by molar-refractivity contribution is -0.160. The molecular formula is C11H22Cl2O4. The van der Waals surface area contributed by atoms with Crippen molar-refractivity contribution >= 4 is 23.2 Å². The third-order valence-corrected chi connectivity index (χ3v) is 3.44. The highest BCUT2D eigenvalue weighted by Gasteiger charge is 2.50. The van der Waals surface area contributed by atoms with E-state index in [-0.39, 0.29) is 23.6 Å². The van der Waals surface area contributed by atoms with Gasteiger partial charge < -0.3 is 20.4 Å². The molecule has 2 unspecified atom stereocenters. The van der Waals surface area contributed by atoms with Gasteiger partial charge in [-0.15, -0.1) is 23.2 Å². The summed E-state index contributed by atoms with van der Waals surface area (Å²) in [5, 5.41) is 38.0. The molecule has 104 valence electrons. The molecule has 4 N–H and O–H groups in total. The zero-order chi connectivity index (χ0) is 13.7. The van der Waals surface area contributed by atoms with Crippen LogP contribution in [-0.4, -0.2) is 56.6 Å². The van der Waals surface area contributed by atoms with Crippen LogP contribution in [0.1, 0.15) is 26.7 Å². The average Bonchev–Trinajstić information content (AvgIpc) is 2.18. The molecule has 2 atom stereocenters. The number of hydrogen-bond acceptors (Lipinski definition) is 4. The predicted molar refractivity (Wildman–Crippen MR) is 68.5 cm³/mol. The van der Waals surface area contributed by atoms with E-state index in [2.05, 4.69) is 0 Å². The predicted octanol–water partition coefficient (Wildman–Crippen LogP) is 0.716. The standard InChI is InChI=1S/C11H22Cl2O4/c1-8(12)3-11(17,4-9(2)13)10(5-14,6-15)7-16/h8-9,14-17H,3-7H2,1-2H3. The van der Waals surface area contributed by atoms with Gasteiger partial charge in [0.25, 0.3) is 0 Å². The Hall–Kier alpha value is 0.420. The zero-order valence-corrected chi connectivity index (χ0v) is 11.7. The van der Waals surface area contributed by atoms with Crippen LogP contribution < -0.4 is 0 Å². The highest BCUT2D eigenvalue weighted by molar-refractivity contribution is 6.20. The summed E-state index contributed by atoms with van der Waals surface area (Å²) in [6.45, 7) is 1.78. The molecule has 0 aliphatic rings. The number of halogens is 2. The molecule has 0 saturated heterocycles. The summed E-state index contributed by atoms with van der Waals surface area (Å²) in [5.74, 6) is 0. The third kappa shape index (κ3) is 4.23. The topological polar surface area (TPSA) is 80.9 Å². The molecule has 0 aliphatic heterocycles. The Morgan fingerprint density at radius 3 is 1.35 bits per heavy atom. The summed E-state index contributed by atoms with van der Waals surface area (Å²) in [6.07, 6.45) is 0.264. The molecule has 0 bridgehead atoms. The second kappa shape index (κ2) is 7.12. The molecule has 0 heterocycles. The number of rotatable bonds is 8. The Morgan fingerprint density at radius 2 is 1.18 bits per heavy atom. The van der Waals surface area contributed by atoms with Crippen LogP contribution in [-0.2, 0) is 0 Å². The summed E-state index contributed by atoms with van der Waals surface area (Å²) in [6, 6.07) is 0. The van der Waals surface area contributed by atoms with E-state index in [0.29, 0.717) is 0 Å². The van der Waals surface area contributed by atoms with E-state index >= 15 is 0 Å². The summed E-state index contributed by atoms with van der Waals surface area (Å²) in [7, 11) is 0. The molecule has 0 amide bonds. The van der Waals surface area contributed by atoms with E-state index in [4.69, 9.17) is 23.2 Å². The van der Waals surface area contributed by atoms with Crippen LogP contribution in [0, 0.1) is 5.41 Å². The highest BCUT2D eigenvalue weighted by atomic mass is 35.5. The highest BCUT2D eigenvalue weighted by Crippen LogP contribution is 2.40. The minimum atomic E-state index is -1.51. The van der Waals surface area contributed by atoms with Crippen LogP contribution in [0.25, 0.3) is 0 Å². The second-order valence-corrected chi connectivity index (χ2v) is 6.25. The summed E-state index contributed by atoms with van der Waals surface area (Å²) in [5.41, 5.74) is -2.91. The van der Waals surface area contributed by atoms with E-state index in [1.54, 1.807) is 13.8 Å². The minimum absolute atomic E-state index is 0.132. The Labute approximate surface area is 112 Å². The van der Waals surface area contributed by atoms with Crippen LogP contribution in [0.15, 0.2) is 0 Å². The number of hydrogen-bond donors (Lipinski definition) is 4. The lowest BCUT2D eigenvalue weighted by Crippen LogP contribution is -2.57. The van der Waals surface area contributed by atoms with E-state index in [1.807, 2.05) is 0 Å². The first-order valence-corrected chi connectivity index (χ1v) is 6.47. The lowest BCUT2D eigenvalue weighted by Gasteiger charge is -2.45. The molecule has 0 saturated carbocycles. The van der Waals surface area contributed by atoms with Gasteiger partial charge >= 0.3 is 0 Å². The quantitative estimate of drug-likeness (QED) is 0.496. The van der Waals surface area contributed by atoms with Gasteiger partial charge in [0.15, 0.2) is 0 Å². The van der Waals surface area contributed by atoms with Crippen LogP contribution in [0.2, 0.25) is 0 Å². The molecule has 4 nitrogen and oxygen atoms in total. The fourth-order valence-electron chi connectivity index (χ4n) is 2.04. The smallest absolute Gasteiger partial charge is 0.0797 e. The van der Waals surface area contributed by atoms with Crippen molar-refractivity contribution in [3.63, 3.8) is 0 Å². The van der Waals surface area contributed by atoms with Crippen molar-refractivity contribution in [3.8, 4) is 0 Å². The monoisotopic (exact) mass is 288 g/mol. The molecule has 0 aromatic carbocycles. The van der Waals surface area contributed by atoms with E-state index in [0.717, 1.165) is 0 Å². The maximum absolute atomic E-state index is 10.6.